The van der Waals surface area contributed by atoms with Crippen molar-refractivity contribution in [2.75, 3.05) is 26.7 Å². The first kappa shape index (κ1) is 12.3. The summed E-state index contributed by atoms with van der Waals surface area (Å²) in [5.74, 6) is 0. The van der Waals surface area contributed by atoms with E-state index in [1.165, 1.54) is 44.9 Å². The molecule has 1 saturated heterocycles. The normalized spacial score (nSPS) is 29.8. The molecule has 1 saturated carbocycles. The molecule has 2 fully saturated rings. The van der Waals surface area contributed by atoms with E-state index < -0.39 is 0 Å². The van der Waals surface area contributed by atoms with Gasteiger partial charge in [0.1, 0.15) is 0 Å². The van der Waals surface area contributed by atoms with E-state index in [0.29, 0.717) is 6.10 Å². The molecule has 94 valence electrons. The fourth-order valence-corrected chi connectivity index (χ4v) is 3.15. The highest BCUT2D eigenvalue weighted by atomic mass is 16.5. The van der Waals surface area contributed by atoms with E-state index in [4.69, 9.17) is 10.5 Å². The van der Waals surface area contributed by atoms with E-state index in [1.807, 2.05) is 0 Å². The van der Waals surface area contributed by atoms with Gasteiger partial charge in [-0.3, -0.25) is 0 Å². The van der Waals surface area contributed by atoms with Crippen LogP contribution in [-0.4, -0.2) is 43.3 Å². The first-order valence-corrected chi connectivity index (χ1v) is 6.77. The van der Waals surface area contributed by atoms with Gasteiger partial charge in [0.25, 0.3) is 0 Å². The SMILES string of the molecule is CN(CC1CCCO1)CC1(N)CCCCC1. The van der Waals surface area contributed by atoms with Crippen molar-refractivity contribution in [3.05, 3.63) is 0 Å². The molecule has 16 heavy (non-hydrogen) atoms. The Labute approximate surface area is 99.3 Å². The Hall–Kier alpha value is -0.120. The summed E-state index contributed by atoms with van der Waals surface area (Å²) in [6, 6.07) is 0. The molecule has 0 amide bonds. The molecular formula is C13H26N2O. The summed E-state index contributed by atoms with van der Waals surface area (Å²) in [6.07, 6.45) is 9.29. The zero-order valence-corrected chi connectivity index (χ0v) is 10.6. The predicted octanol–water partition coefficient (Wildman–Crippen LogP) is 1.76. The van der Waals surface area contributed by atoms with E-state index in [9.17, 15) is 0 Å². The molecule has 0 aromatic heterocycles. The summed E-state index contributed by atoms with van der Waals surface area (Å²) in [6.45, 7) is 3.04. The smallest absolute Gasteiger partial charge is 0.0702 e. The van der Waals surface area contributed by atoms with Crippen molar-refractivity contribution in [2.24, 2.45) is 5.73 Å². The molecule has 2 N–H and O–H groups in total. The molecule has 0 aromatic rings. The molecule has 1 atom stereocenters. The van der Waals surface area contributed by atoms with Crippen molar-refractivity contribution < 1.29 is 4.74 Å². The Balaban J connectivity index is 1.74. The zero-order chi connectivity index (χ0) is 11.4. The highest BCUT2D eigenvalue weighted by Gasteiger charge is 2.29. The molecule has 1 aliphatic heterocycles. The third kappa shape index (κ3) is 3.44. The monoisotopic (exact) mass is 226 g/mol. The van der Waals surface area contributed by atoms with Gasteiger partial charge in [-0.25, -0.2) is 0 Å². The summed E-state index contributed by atoms with van der Waals surface area (Å²) in [5, 5.41) is 0. The molecule has 3 nitrogen and oxygen atoms in total. The summed E-state index contributed by atoms with van der Waals surface area (Å²) in [5.41, 5.74) is 6.53. The van der Waals surface area contributed by atoms with Crippen molar-refractivity contribution in [1.82, 2.24) is 4.90 Å². The Bertz CT molecular complexity index is 208. The van der Waals surface area contributed by atoms with Crippen molar-refractivity contribution in [1.29, 1.82) is 0 Å². The largest absolute Gasteiger partial charge is 0.377 e. The third-order valence-corrected chi connectivity index (χ3v) is 3.97. The van der Waals surface area contributed by atoms with Gasteiger partial charge in [-0.15, -0.1) is 0 Å². The number of nitrogens with zero attached hydrogens (tertiary/aromatic N) is 1. The zero-order valence-electron chi connectivity index (χ0n) is 10.6. The van der Waals surface area contributed by atoms with Crippen LogP contribution in [0.15, 0.2) is 0 Å². The number of nitrogens with two attached hydrogens (primary N) is 1. The Morgan fingerprint density at radius 3 is 2.62 bits per heavy atom. The second-order valence-electron chi connectivity index (χ2n) is 5.75. The van der Waals surface area contributed by atoms with Crippen LogP contribution in [0.5, 0.6) is 0 Å². The van der Waals surface area contributed by atoms with E-state index in [0.717, 1.165) is 19.7 Å². The first-order chi connectivity index (χ1) is 7.68. The van der Waals surface area contributed by atoms with E-state index >= 15 is 0 Å². The molecule has 1 unspecified atom stereocenters. The maximum atomic E-state index is 6.45. The predicted molar refractivity (Wildman–Crippen MR) is 66.5 cm³/mol. The van der Waals surface area contributed by atoms with Gasteiger partial charge in [-0.2, -0.15) is 0 Å². The molecule has 1 aliphatic carbocycles. The van der Waals surface area contributed by atoms with Gasteiger partial charge in [0.2, 0.25) is 0 Å². The molecule has 2 rings (SSSR count). The van der Waals surface area contributed by atoms with Crippen LogP contribution in [0.4, 0.5) is 0 Å². The van der Waals surface area contributed by atoms with Crippen LogP contribution in [0.2, 0.25) is 0 Å². The van der Waals surface area contributed by atoms with Gasteiger partial charge in [0.15, 0.2) is 0 Å². The lowest BCUT2D eigenvalue weighted by molar-refractivity contribution is 0.0708. The Morgan fingerprint density at radius 2 is 2.00 bits per heavy atom. The third-order valence-electron chi connectivity index (χ3n) is 3.97. The van der Waals surface area contributed by atoms with E-state index in [2.05, 4.69) is 11.9 Å². The van der Waals surface area contributed by atoms with Crippen molar-refractivity contribution in [3.63, 3.8) is 0 Å². The molecule has 0 bridgehead atoms. The van der Waals surface area contributed by atoms with Crippen molar-refractivity contribution >= 4 is 0 Å². The minimum atomic E-state index is 0.0750. The summed E-state index contributed by atoms with van der Waals surface area (Å²) in [7, 11) is 2.19. The van der Waals surface area contributed by atoms with Crippen LogP contribution in [0, 0.1) is 0 Å². The fourth-order valence-electron chi connectivity index (χ4n) is 3.15. The van der Waals surface area contributed by atoms with Crippen LogP contribution >= 0.6 is 0 Å². The lowest BCUT2D eigenvalue weighted by Gasteiger charge is -2.37. The number of ether oxygens (including phenoxy) is 1. The second kappa shape index (κ2) is 5.48. The average molecular weight is 226 g/mol. The minimum absolute atomic E-state index is 0.0750. The average Bonchev–Trinajstić information content (AvgIpc) is 2.70. The van der Waals surface area contributed by atoms with E-state index in [-0.39, 0.29) is 5.54 Å². The van der Waals surface area contributed by atoms with Crippen LogP contribution in [0.3, 0.4) is 0 Å². The molecular weight excluding hydrogens is 200 g/mol. The number of hydrogen-bond donors (Lipinski definition) is 1. The van der Waals surface area contributed by atoms with Gasteiger partial charge in [-0.1, -0.05) is 19.3 Å². The van der Waals surface area contributed by atoms with Crippen molar-refractivity contribution in [2.45, 2.75) is 56.6 Å². The number of rotatable bonds is 4. The molecule has 3 heteroatoms. The maximum Gasteiger partial charge on any atom is 0.0702 e. The van der Waals surface area contributed by atoms with Crippen LogP contribution < -0.4 is 5.73 Å². The van der Waals surface area contributed by atoms with Gasteiger partial charge in [-0.05, 0) is 32.7 Å². The minimum Gasteiger partial charge on any atom is -0.377 e. The Morgan fingerprint density at radius 1 is 1.25 bits per heavy atom. The molecule has 1 heterocycles. The highest BCUT2D eigenvalue weighted by Crippen LogP contribution is 2.26. The second-order valence-corrected chi connectivity index (χ2v) is 5.75. The topological polar surface area (TPSA) is 38.5 Å². The standard InChI is InChI=1S/C13H26N2O/c1-15(10-12-6-5-9-16-12)11-13(14)7-3-2-4-8-13/h12H,2-11,14H2,1H3. The lowest BCUT2D eigenvalue weighted by atomic mass is 9.82. The lowest BCUT2D eigenvalue weighted by Crippen LogP contribution is -2.51. The van der Waals surface area contributed by atoms with Gasteiger partial charge >= 0.3 is 0 Å². The van der Waals surface area contributed by atoms with Crippen LogP contribution in [-0.2, 0) is 4.74 Å². The molecule has 0 aromatic carbocycles. The van der Waals surface area contributed by atoms with Crippen molar-refractivity contribution in [3.8, 4) is 0 Å². The van der Waals surface area contributed by atoms with Gasteiger partial charge in [0, 0.05) is 25.2 Å². The molecule has 0 radical (unpaired) electrons. The first-order valence-electron chi connectivity index (χ1n) is 6.77. The van der Waals surface area contributed by atoms with Gasteiger partial charge < -0.3 is 15.4 Å². The summed E-state index contributed by atoms with van der Waals surface area (Å²) in [4.78, 5) is 2.38. The Kier molecular flexibility index (Phi) is 4.22. The maximum absolute atomic E-state index is 6.45. The quantitative estimate of drug-likeness (QED) is 0.794. The van der Waals surface area contributed by atoms with Crippen LogP contribution in [0.25, 0.3) is 0 Å². The van der Waals surface area contributed by atoms with E-state index in [1.54, 1.807) is 0 Å². The highest BCUT2D eigenvalue weighted by molar-refractivity contribution is 4.90. The molecule has 0 spiro atoms. The molecule has 2 aliphatic rings. The summed E-state index contributed by atoms with van der Waals surface area (Å²) < 4.78 is 5.66. The number of hydrogen-bond acceptors (Lipinski definition) is 3. The van der Waals surface area contributed by atoms with Crippen LogP contribution in [0.1, 0.15) is 44.9 Å². The summed E-state index contributed by atoms with van der Waals surface area (Å²) >= 11 is 0. The fraction of sp³-hybridized carbons (Fsp3) is 1.00. The van der Waals surface area contributed by atoms with Gasteiger partial charge in [0.05, 0.1) is 6.10 Å². The number of likely N-dealkylation sites (N-methyl/N-ethyl adjacent to an activating group) is 1.